The van der Waals surface area contributed by atoms with Gasteiger partial charge in [0.05, 0.1) is 23.6 Å². The Hall–Kier alpha value is -0.800. The van der Waals surface area contributed by atoms with E-state index in [1.54, 1.807) is 23.8 Å². The summed E-state index contributed by atoms with van der Waals surface area (Å²) in [4.78, 5) is 28.5. The third-order valence-corrected chi connectivity index (χ3v) is 10.7. The summed E-state index contributed by atoms with van der Waals surface area (Å²) in [5, 5.41) is 16.6. The molecule has 222 valence electrons. The number of carbonyl (C=O) groups is 2. The molecule has 5 aliphatic rings. The number of carbonyl (C=O) groups excluding carboxylic acids is 2. The highest BCUT2D eigenvalue weighted by atomic mass is 35.5. The van der Waals surface area contributed by atoms with Crippen LogP contribution in [0.3, 0.4) is 0 Å². The normalized spacial score (nSPS) is 42.9. The molecule has 5 N–H and O–H groups in total. The number of rotatable bonds is 7. The van der Waals surface area contributed by atoms with E-state index in [2.05, 4.69) is 33.5 Å². The van der Waals surface area contributed by atoms with Crippen molar-refractivity contribution in [2.75, 3.05) is 39.8 Å². The van der Waals surface area contributed by atoms with Gasteiger partial charge in [0.1, 0.15) is 11.5 Å². The van der Waals surface area contributed by atoms with Crippen LogP contribution in [0.4, 0.5) is 8.78 Å². The number of halogens is 3. The molecule has 0 bridgehead atoms. The highest BCUT2D eigenvalue weighted by Gasteiger charge is 2.48. The zero-order valence-corrected chi connectivity index (χ0v) is 24.0. The van der Waals surface area contributed by atoms with Gasteiger partial charge in [-0.2, -0.15) is 8.78 Å². The lowest BCUT2D eigenvalue weighted by Crippen LogP contribution is -2.58. The Kier molecular flexibility index (Phi) is 9.91. The predicted octanol–water partition coefficient (Wildman–Crippen LogP) is 0.465. The van der Waals surface area contributed by atoms with Gasteiger partial charge in [0.2, 0.25) is 11.8 Å². The van der Waals surface area contributed by atoms with E-state index in [1.807, 2.05) is 0 Å². The second-order valence-electron chi connectivity index (χ2n) is 11.5. The molecule has 11 atom stereocenters. The number of ether oxygens (including phenoxy) is 2. The minimum Gasteiger partial charge on any atom is -0.380 e. The second kappa shape index (κ2) is 13.0. The van der Waals surface area contributed by atoms with Gasteiger partial charge in [-0.25, -0.2) is 0 Å². The topological polar surface area (TPSA) is 116 Å². The van der Waals surface area contributed by atoms with Crippen molar-refractivity contribution in [1.29, 1.82) is 0 Å². The molecule has 5 heterocycles. The van der Waals surface area contributed by atoms with E-state index in [4.69, 9.17) is 21.1 Å². The first-order valence-corrected chi connectivity index (χ1v) is 15.4. The Bertz CT molecular complexity index is 868. The Morgan fingerprint density at radius 2 is 1.92 bits per heavy atom. The molecule has 10 nitrogen and oxygen atoms in total. The van der Waals surface area contributed by atoms with Crippen LogP contribution < -0.4 is 26.6 Å². The third kappa shape index (κ3) is 6.82. The number of fused-ring (bicyclic) bond motifs is 1. The number of nitrogens with one attached hydrogen (secondary N) is 5. The summed E-state index contributed by atoms with van der Waals surface area (Å²) in [5.41, 5.74) is -0.382. The van der Waals surface area contributed by atoms with Crippen LogP contribution in [0, 0.1) is 17.8 Å². The molecule has 0 saturated carbocycles. The van der Waals surface area contributed by atoms with Gasteiger partial charge in [-0.05, 0) is 51.0 Å². The number of piperidine rings is 3. The highest BCUT2D eigenvalue weighted by molar-refractivity contribution is 8.00. The third-order valence-electron chi connectivity index (χ3n) is 8.99. The van der Waals surface area contributed by atoms with Gasteiger partial charge >= 0.3 is 6.61 Å². The molecule has 5 saturated heterocycles. The summed E-state index contributed by atoms with van der Waals surface area (Å²) in [7, 11) is 1.72. The molecule has 0 aromatic rings. The lowest BCUT2D eigenvalue weighted by Gasteiger charge is -2.45. The summed E-state index contributed by atoms with van der Waals surface area (Å²) in [6.45, 7) is 2.09. The Balaban J connectivity index is 1.16. The van der Waals surface area contributed by atoms with Crippen LogP contribution in [-0.4, -0.2) is 110 Å². The minimum atomic E-state index is -2.90. The first-order chi connectivity index (χ1) is 18.7. The van der Waals surface area contributed by atoms with Gasteiger partial charge in [-0.3, -0.25) is 20.2 Å². The number of hydrogen-bond acceptors (Lipinski definition) is 9. The maximum atomic E-state index is 13.6. The molecule has 0 radical (unpaired) electrons. The van der Waals surface area contributed by atoms with Gasteiger partial charge in [0.15, 0.2) is 0 Å². The number of methoxy groups -OCH3 is 1. The molecule has 39 heavy (non-hydrogen) atoms. The molecule has 0 spiro atoms. The molecule has 0 aliphatic carbocycles. The zero-order valence-electron chi connectivity index (χ0n) is 22.4. The van der Waals surface area contributed by atoms with E-state index in [-0.39, 0.29) is 58.0 Å². The molecule has 0 aromatic heterocycles. The number of nitrogens with zero attached hydrogens (tertiary/aromatic N) is 1. The second-order valence-corrected chi connectivity index (χ2v) is 13.3. The van der Waals surface area contributed by atoms with Crippen LogP contribution >= 0.6 is 23.4 Å². The molecule has 5 aliphatic heterocycles. The van der Waals surface area contributed by atoms with E-state index >= 15 is 0 Å². The Labute approximate surface area is 237 Å². The van der Waals surface area contributed by atoms with Crippen LogP contribution in [-0.2, 0) is 19.1 Å². The summed E-state index contributed by atoms with van der Waals surface area (Å²) >= 11 is 8.06. The number of thioether (sulfide) groups is 1. The quantitative estimate of drug-likeness (QED) is 0.212. The highest BCUT2D eigenvalue weighted by Crippen LogP contribution is 2.38. The molecule has 14 heteroatoms. The van der Waals surface area contributed by atoms with Crippen molar-refractivity contribution in [3.8, 4) is 0 Å². The van der Waals surface area contributed by atoms with Gasteiger partial charge in [-0.1, -0.05) is 0 Å². The molecule has 5 rings (SSSR count). The number of alkyl halides is 3. The lowest BCUT2D eigenvalue weighted by atomic mass is 9.70. The van der Waals surface area contributed by atoms with Gasteiger partial charge in [-0.15, -0.1) is 23.4 Å². The molecular weight excluding hydrogens is 554 g/mol. The van der Waals surface area contributed by atoms with Crippen molar-refractivity contribution < 1.29 is 27.8 Å². The van der Waals surface area contributed by atoms with Crippen LogP contribution in [0.5, 0.6) is 0 Å². The average Bonchev–Trinajstić information content (AvgIpc) is 3.47. The first-order valence-electron chi connectivity index (χ1n) is 14.0. The van der Waals surface area contributed by atoms with Crippen molar-refractivity contribution in [1.82, 2.24) is 31.5 Å². The fourth-order valence-electron chi connectivity index (χ4n) is 7.03. The monoisotopic (exact) mass is 594 g/mol. The zero-order chi connectivity index (χ0) is 27.7. The average molecular weight is 595 g/mol. The summed E-state index contributed by atoms with van der Waals surface area (Å²) < 4.78 is 36.2. The van der Waals surface area contributed by atoms with Crippen LogP contribution in [0.2, 0.25) is 0 Å². The SMILES string of the molecule is COC1CNC(Cl)CC1C1CC(C)NCC1C(=O)NC1NC2CN(C(=O)C3NCCCC3OC(F)F)CC2S1. The number of likely N-dealkylation sites (tertiary alicyclic amines) is 1. The largest absolute Gasteiger partial charge is 0.380 e. The molecule has 5 fully saturated rings. The van der Waals surface area contributed by atoms with E-state index in [9.17, 15) is 18.4 Å². The van der Waals surface area contributed by atoms with Crippen LogP contribution in [0.15, 0.2) is 0 Å². The minimum absolute atomic E-state index is 0.00945. The van der Waals surface area contributed by atoms with Crippen molar-refractivity contribution in [3.63, 3.8) is 0 Å². The van der Waals surface area contributed by atoms with Crippen LogP contribution in [0.25, 0.3) is 0 Å². The smallest absolute Gasteiger partial charge is 0.345 e. The van der Waals surface area contributed by atoms with E-state index in [0.29, 0.717) is 51.6 Å². The molecule has 2 amide bonds. The maximum absolute atomic E-state index is 13.6. The van der Waals surface area contributed by atoms with E-state index in [1.165, 1.54) is 0 Å². The predicted molar refractivity (Wildman–Crippen MR) is 144 cm³/mol. The molecule has 0 aromatic carbocycles. The lowest BCUT2D eigenvalue weighted by molar-refractivity contribution is -0.180. The fraction of sp³-hybridized carbons (Fsp3) is 0.920. The standard InChI is InChI=1S/C25H41ClF2N6O4S/c1-12-6-13(14-7-20(26)31-9-18(14)37-2)15(8-30-12)22(35)33-25-32-16-10-34(11-19(16)39-25)23(36)21-17(38-24(27)28)4-3-5-29-21/h12-21,24-25,29-32H,3-11H2,1-2H3,(H,33,35). The Morgan fingerprint density at radius 1 is 1.10 bits per heavy atom. The first kappa shape index (κ1) is 29.7. The van der Waals surface area contributed by atoms with Crippen LogP contribution in [0.1, 0.15) is 32.6 Å². The summed E-state index contributed by atoms with van der Waals surface area (Å²) in [6.07, 6.45) is 1.94. The van der Waals surface area contributed by atoms with E-state index in [0.717, 1.165) is 12.8 Å². The van der Waals surface area contributed by atoms with Crippen molar-refractivity contribution >= 4 is 35.2 Å². The van der Waals surface area contributed by atoms with Crippen molar-refractivity contribution in [2.45, 2.75) is 85.8 Å². The Morgan fingerprint density at radius 3 is 2.67 bits per heavy atom. The van der Waals surface area contributed by atoms with Crippen molar-refractivity contribution in [2.24, 2.45) is 17.8 Å². The number of hydrogen-bond donors (Lipinski definition) is 5. The van der Waals surface area contributed by atoms with Gasteiger partial charge in [0.25, 0.3) is 0 Å². The summed E-state index contributed by atoms with van der Waals surface area (Å²) in [5.74, 6) is -0.0465. The maximum Gasteiger partial charge on any atom is 0.345 e. The molecule has 11 unspecified atom stereocenters. The van der Waals surface area contributed by atoms with Crippen molar-refractivity contribution in [3.05, 3.63) is 0 Å². The summed E-state index contributed by atoms with van der Waals surface area (Å²) in [6, 6.07) is -0.433. The van der Waals surface area contributed by atoms with Gasteiger partial charge < -0.3 is 30.3 Å². The van der Waals surface area contributed by atoms with Gasteiger partial charge in [0, 0.05) is 50.6 Å². The number of amides is 2. The van der Waals surface area contributed by atoms with E-state index < -0.39 is 18.8 Å². The fourth-order valence-corrected chi connectivity index (χ4v) is 8.73. The molecular formula is C25H41ClF2N6O4S.